The van der Waals surface area contributed by atoms with Gasteiger partial charge in [-0.15, -0.1) is 0 Å². The summed E-state index contributed by atoms with van der Waals surface area (Å²) in [6, 6.07) is 8.12. The van der Waals surface area contributed by atoms with Crippen molar-refractivity contribution in [2.45, 2.75) is 71.9 Å². The van der Waals surface area contributed by atoms with Crippen molar-refractivity contribution in [3.05, 3.63) is 34.9 Å². The summed E-state index contributed by atoms with van der Waals surface area (Å²) in [5, 5.41) is 4.43. The molecule has 0 spiro atoms. The van der Waals surface area contributed by atoms with Gasteiger partial charge in [0.15, 0.2) is 0 Å². The van der Waals surface area contributed by atoms with Crippen molar-refractivity contribution < 1.29 is 4.74 Å². The average Bonchev–Trinajstić information content (AvgIpc) is 2.51. The van der Waals surface area contributed by atoms with E-state index in [4.69, 9.17) is 16.3 Å². The zero-order chi connectivity index (χ0) is 17.6. The van der Waals surface area contributed by atoms with E-state index in [2.05, 4.69) is 45.1 Å². The van der Waals surface area contributed by atoms with Gasteiger partial charge >= 0.3 is 0 Å². The average molecular weight is 352 g/mol. The van der Waals surface area contributed by atoms with Crippen molar-refractivity contribution in [2.24, 2.45) is 11.3 Å². The normalized spacial score (nSPS) is 23.6. The molecule has 0 bridgehead atoms. The van der Waals surface area contributed by atoms with Gasteiger partial charge in [0.1, 0.15) is 0 Å². The minimum atomic E-state index is 0.0193. The molecule has 0 aromatic heterocycles. The molecule has 0 unspecified atom stereocenters. The predicted molar refractivity (Wildman–Crippen MR) is 104 cm³/mol. The van der Waals surface area contributed by atoms with Gasteiger partial charge in [-0.1, -0.05) is 44.0 Å². The number of benzene rings is 1. The summed E-state index contributed by atoms with van der Waals surface area (Å²) in [6.45, 7) is 12.0. The Labute approximate surface area is 153 Å². The van der Waals surface area contributed by atoms with E-state index in [-0.39, 0.29) is 5.60 Å². The van der Waals surface area contributed by atoms with E-state index in [1.807, 2.05) is 12.1 Å². The number of halogens is 1. The standard InChI is InChI=1S/C21H34ClNO/c1-17(2)9-10-21(12-14-24-20(3,4)16-21)11-13-23-15-18-5-7-19(22)8-6-18/h5-8,17,23H,9-16H2,1-4H3/t21-/m1/s1. The summed E-state index contributed by atoms with van der Waals surface area (Å²) < 4.78 is 5.98. The third kappa shape index (κ3) is 6.38. The zero-order valence-electron chi connectivity index (χ0n) is 15.8. The molecule has 0 radical (unpaired) electrons. The highest BCUT2D eigenvalue weighted by molar-refractivity contribution is 6.30. The molecular weight excluding hydrogens is 318 g/mol. The lowest BCUT2D eigenvalue weighted by Crippen LogP contribution is -2.42. The molecule has 2 nitrogen and oxygen atoms in total. The van der Waals surface area contributed by atoms with Crippen LogP contribution in [-0.4, -0.2) is 18.8 Å². The molecule has 3 heteroatoms. The third-order valence-corrected chi connectivity index (χ3v) is 5.50. The van der Waals surface area contributed by atoms with Gasteiger partial charge in [-0.3, -0.25) is 0 Å². The Hall–Kier alpha value is -0.570. The Morgan fingerprint density at radius 3 is 2.50 bits per heavy atom. The Morgan fingerprint density at radius 2 is 1.88 bits per heavy atom. The second-order valence-corrected chi connectivity index (χ2v) is 8.96. The van der Waals surface area contributed by atoms with Crippen LogP contribution in [-0.2, 0) is 11.3 Å². The quantitative estimate of drug-likeness (QED) is 0.595. The summed E-state index contributed by atoms with van der Waals surface area (Å²) in [7, 11) is 0. The van der Waals surface area contributed by atoms with Crippen LogP contribution in [0.25, 0.3) is 0 Å². The summed E-state index contributed by atoms with van der Waals surface area (Å²) >= 11 is 5.95. The van der Waals surface area contributed by atoms with Gasteiger partial charge in [-0.25, -0.2) is 0 Å². The maximum absolute atomic E-state index is 5.98. The van der Waals surface area contributed by atoms with E-state index in [1.165, 1.54) is 37.7 Å². The second-order valence-electron chi connectivity index (χ2n) is 8.52. The highest BCUT2D eigenvalue weighted by Gasteiger charge is 2.40. The van der Waals surface area contributed by atoms with Crippen LogP contribution >= 0.6 is 11.6 Å². The molecule has 0 amide bonds. The van der Waals surface area contributed by atoms with Crippen molar-refractivity contribution in [1.29, 1.82) is 0 Å². The number of nitrogens with one attached hydrogen (secondary N) is 1. The topological polar surface area (TPSA) is 21.3 Å². The first kappa shape index (κ1) is 19.8. The molecule has 1 N–H and O–H groups in total. The van der Waals surface area contributed by atoms with Crippen LogP contribution in [0.4, 0.5) is 0 Å². The fourth-order valence-corrected chi connectivity index (χ4v) is 4.05. The van der Waals surface area contributed by atoms with Gasteiger partial charge in [-0.2, -0.15) is 0 Å². The van der Waals surface area contributed by atoms with E-state index < -0.39 is 0 Å². The molecule has 2 rings (SSSR count). The van der Waals surface area contributed by atoms with Crippen molar-refractivity contribution in [1.82, 2.24) is 5.32 Å². The second kappa shape index (κ2) is 8.69. The van der Waals surface area contributed by atoms with Crippen LogP contribution in [0, 0.1) is 11.3 Å². The summed E-state index contributed by atoms with van der Waals surface area (Å²) in [6.07, 6.45) is 6.24. The molecule has 1 aromatic carbocycles. The van der Waals surface area contributed by atoms with Gasteiger partial charge < -0.3 is 10.1 Å². The molecule has 1 aliphatic heterocycles. The largest absolute Gasteiger partial charge is 0.376 e. The van der Waals surface area contributed by atoms with Crippen molar-refractivity contribution in [3.8, 4) is 0 Å². The molecule has 1 saturated heterocycles. The van der Waals surface area contributed by atoms with Crippen LogP contribution in [0.1, 0.15) is 65.4 Å². The first-order chi connectivity index (χ1) is 11.3. The Bertz CT molecular complexity index is 497. The van der Waals surface area contributed by atoms with Crippen molar-refractivity contribution in [3.63, 3.8) is 0 Å². The van der Waals surface area contributed by atoms with E-state index in [9.17, 15) is 0 Å². The first-order valence-corrected chi connectivity index (χ1v) is 9.77. The molecule has 24 heavy (non-hydrogen) atoms. The summed E-state index contributed by atoms with van der Waals surface area (Å²) in [5.41, 5.74) is 1.74. The van der Waals surface area contributed by atoms with Crippen LogP contribution in [0.15, 0.2) is 24.3 Å². The molecule has 0 aliphatic carbocycles. The SMILES string of the molecule is CC(C)CC[C@@]1(CCNCc2ccc(Cl)cc2)CCOC(C)(C)C1. The van der Waals surface area contributed by atoms with Crippen molar-refractivity contribution in [2.75, 3.05) is 13.2 Å². The monoisotopic (exact) mass is 351 g/mol. The third-order valence-electron chi connectivity index (χ3n) is 5.25. The van der Waals surface area contributed by atoms with Gasteiger partial charge in [-0.05, 0) is 75.1 Å². The van der Waals surface area contributed by atoms with Gasteiger partial charge in [0.25, 0.3) is 0 Å². The minimum absolute atomic E-state index is 0.0193. The van der Waals surface area contributed by atoms with E-state index in [0.717, 1.165) is 30.6 Å². The number of rotatable bonds is 8. The highest BCUT2D eigenvalue weighted by Crippen LogP contribution is 2.45. The van der Waals surface area contributed by atoms with E-state index in [0.29, 0.717) is 5.41 Å². The lowest BCUT2D eigenvalue weighted by molar-refractivity contribution is -0.110. The molecule has 1 aliphatic rings. The Balaban J connectivity index is 1.87. The van der Waals surface area contributed by atoms with Crippen LogP contribution in [0.2, 0.25) is 5.02 Å². The Kier molecular flexibility index (Phi) is 7.15. The Morgan fingerprint density at radius 1 is 1.17 bits per heavy atom. The van der Waals surface area contributed by atoms with E-state index >= 15 is 0 Å². The molecule has 1 fully saturated rings. The van der Waals surface area contributed by atoms with Crippen LogP contribution in [0.3, 0.4) is 0 Å². The zero-order valence-corrected chi connectivity index (χ0v) is 16.6. The van der Waals surface area contributed by atoms with Crippen molar-refractivity contribution >= 4 is 11.6 Å². The molecular formula is C21H34ClNO. The molecule has 136 valence electrons. The van der Waals surface area contributed by atoms with Gasteiger partial charge in [0.2, 0.25) is 0 Å². The maximum atomic E-state index is 5.98. The lowest BCUT2D eigenvalue weighted by atomic mass is 9.68. The van der Waals surface area contributed by atoms with Gasteiger partial charge in [0.05, 0.1) is 5.60 Å². The maximum Gasteiger partial charge on any atom is 0.0631 e. The molecule has 1 heterocycles. The lowest BCUT2D eigenvalue weighted by Gasteiger charge is -2.45. The fourth-order valence-electron chi connectivity index (χ4n) is 3.92. The van der Waals surface area contributed by atoms with Crippen LogP contribution in [0.5, 0.6) is 0 Å². The molecule has 1 aromatic rings. The van der Waals surface area contributed by atoms with E-state index in [1.54, 1.807) is 0 Å². The number of hydrogen-bond donors (Lipinski definition) is 1. The summed E-state index contributed by atoms with van der Waals surface area (Å²) in [5.74, 6) is 0.773. The predicted octanol–water partition coefficient (Wildman–Crippen LogP) is 5.83. The van der Waals surface area contributed by atoms with Gasteiger partial charge in [0, 0.05) is 18.2 Å². The number of ether oxygens (including phenoxy) is 1. The first-order valence-electron chi connectivity index (χ1n) is 9.39. The smallest absolute Gasteiger partial charge is 0.0631 e. The van der Waals surface area contributed by atoms with Crippen LogP contribution < -0.4 is 5.32 Å². The molecule has 1 atom stereocenters. The highest BCUT2D eigenvalue weighted by atomic mass is 35.5. The minimum Gasteiger partial charge on any atom is -0.376 e. The fraction of sp³-hybridized carbons (Fsp3) is 0.714. The molecule has 0 saturated carbocycles. The summed E-state index contributed by atoms with van der Waals surface area (Å²) in [4.78, 5) is 0. The number of hydrogen-bond acceptors (Lipinski definition) is 2.